The molecule has 0 aliphatic carbocycles. The summed E-state index contributed by atoms with van der Waals surface area (Å²) in [5.41, 5.74) is 3.58. The zero-order valence-corrected chi connectivity index (χ0v) is 16.7. The summed E-state index contributed by atoms with van der Waals surface area (Å²) < 4.78 is 0. The third-order valence-electron chi connectivity index (χ3n) is 3.81. The molecule has 3 rings (SSSR count). The Labute approximate surface area is 166 Å². The zero-order chi connectivity index (χ0) is 19.6. The summed E-state index contributed by atoms with van der Waals surface area (Å²) in [6.45, 7) is 5.14. The summed E-state index contributed by atoms with van der Waals surface area (Å²) in [6, 6.07) is 12.8. The van der Waals surface area contributed by atoms with Crippen LogP contribution in [0.3, 0.4) is 0 Å². The highest BCUT2D eigenvalue weighted by molar-refractivity contribution is 7.17. The molecule has 0 fully saturated rings. The van der Waals surface area contributed by atoms with Gasteiger partial charge in [0.05, 0.1) is 17.1 Å². The number of hydrogen-bond acceptors (Lipinski definition) is 4. The molecule has 0 atom stereocenters. The summed E-state index contributed by atoms with van der Waals surface area (Å²) in [7, 11) is 0. The topological polar surface area (TPSA) is 71.1 Å². The molecule has 0 aliphatic rings. The van der Waals surface area contributed by atoms with Crippen LogP contribution in [0.2, 0.25) is 5.02 Å². The highest BCUT2D eigenvalue weighted by atomic mass is 35.5. The molecule has 1 aromatic heterocycles. The van der Waals surface area contributed by atoms with Gasteiger partial charge in [-0.1, -0.05) is 29.8 Å². The third kappa shape index (κ3) is 4.53. The number of benzene rings is 2. The van der Waals surface area contributed by atoms with Crippen LogP contribution in [0, 0.1) is 13.8 Å². The minimum absolute atomic E-state index is 0.202. The Hall–Kier alpha value is -2.70. The van der Waals surface area contributed by atoms with Crippen LogP contribution in [-0.4, -0.2) is 16.8 Å². The number of nitrogens with one attached hydrogen (secondary N) is 2. The molecule has 7 heteroatoms. The Morgan fingerprint density at radius 3 is 2.52 bits per heavy atom. The van der Waals surface area contributed by atoms with Gasteiger partial charge in [0, 0.05) is 17.5 Å². The Morgan fingerprint density at radius 2 is 1.81 bits per heavy atom. The van der Waals surface area contributed by atoms with Gasteiger partial charge < -0.3 is 10.6 Å². The van der Waals surface area contributed by atoms with Gasteiger partial charge in [-0.05, 0) is 43.7 Å². The number of anilines is 2. The Kier molecular flexibility index (Phi) is 5.58. The largest absolute Gasteiger partial charge is 0.325 e. The molecule has 0 saturated carbocycles. The number of halogens is 1. The molecule has 1 heterocycles. The van der Waals surface area contributed by atoms with E-state index >= 15 is 0 Å². The first kappa shape index (κ1) is 19.1. The van der Waals surface area contributed by atoms with Crippen LogP contribution >= 0.6 is 22.9 Å². The van der Waals surface area contributed by atoms with Crippen LogP contribution in [0.1, 0.15) is 27.9 Å². The van der Waals surface area contributed by atoms with Crippen molar-refractivity contribution in [3.63, 3.8) is 0 Å². The highest BCUT2D eigenvalue weighted by Crippen LogP contribution is 2.31. The molecule has 0 aliphatic heterocycles. The molecule has 3 aromatic rings. The standard InChI is InChI=1S/C20H18ClN3O2S/c1-11-7-8-16(23-13(3)25)17(9-11)24-19(26)18-12(2)22-20(27-18)14-5-4-6-15(21)10-14/h4-10H,1-3H3,(H,23,25)(H,24,26). The van der Waals surface area contributed by atoms with E-state index in [-0.39, 0.29) is 11.8 Å². The smallest absolute Gasteiger partial charge is 0.267 e. The fourth-order valence-electron chi connectivity index (χ4n) is 2.59. The van der Waals surface area contributed by atoms with Crippen molar-refractivity contribution >= 4 is 46.1 Å². The molecule has 138 valence electrons. The first-order chi connectivity index (χ1) is 12.8. The maximum absolute atomic E-state index is 12.8. The molecule has 2 N–H and O–H groups in total. The highest BCUT2D eigenvalue weighted by Gasteiger charge is 2.18. The Morgan fingerprint density at radius 1 is 1.04 bits per heavy atom. The van der Waals surface area contributed by atoms with Crippen molar-refractivity contribution in [3.8, 4) is 10.6 Å². The fraction of sp³-hybridized carbons (Fsp3) is 0.150. The van der Waals surface area contributed by atoms with Crippen molar-refractivity contribution in [2.24, 2.45) is 0 Å². The number of nitrogens with zero attached hydrogens (tertiary/aromatic N) is 1. The van der Waals surface area contributed by atoms with Gasteiger partial charge in [-0.3, -0.25) is 9.59 Å². The van der Waals surface area contributed by atoms with E-state index in [2.05, 4.69) is 15.6 Å². The van der Waals surface area contributed by atoms with E-state index in [4.69, 9.17) is 11.6 Å². The van der Waals surface area contributed by atoms with E-state index in [1.165, 1.54) is 18.3 Å². The van der Waals surface area contributed by atoms with Gasteiger partial charge in [0.15, 0.2) is 0 Å². The molecule has 0 radical (unpaired) electrons. The number of rotatable bonds is 4. The predicted octanol–water partition coefficient (Wildman–Crippen LogP) is 5.29. The second-order valence-corrected chi connectivity index (χ2v) is 7.56. The maximum atomic E-state index is 12.8. The SMILES string of the molecule is CC(=O)Nc1ccc(C)cc1NC(=O)c1sc(-c2cccc(Cl)c2)nc1C. The molecule has 0 unspecified atom stereocenters. The first-order valence-electron chi connectivity index (χ1n) is 8.26. The van der Waals surface area contributed by atoms with Gasteiger partial charge in [-0.25, -0.2) is 4.98 Å². The van der Waals surface area contributed by atoms with Gasteiger partial charge in [-0.15, -0.1) is 11.3 Å². The lowest BCUT2D eigenvalue weighted by molar-refractivity contribution is -0.114. The van der Waals surface area contributed by atoms with E-state index in [1.807, 2.05) is 37.3 Å². The molecular weight excluding hydrogens is 382 g/mol. The lowest BCUT2D eigenvalue weighted by Gasteiger charge is -2.12. The number of aryl methyl sites for hydroxylation is 2. The molecule has 2 aromatic carbocycles. The summed E-state index contributed by atoms with van der Waals surface area (Å²) in [5, 5.41) is 6.95. The lowest BCUT2D eigenvalue weighted by Crippen LogP contribution is -2.15. The second kappa shape index (κ2) is 7.90. The van der Waals surface area contributed by atoms with Gasteiger partial charge in [0.2, 0.25) is 5.91 Å². The number of amides is 2. The molecule has 0 saturated heterocycles. The summed E-state index contributed by atoms with van der Waals surface area (Å²) in [4.78, 5) is 29.2. The van der Waals surface area contributed by atoms with E-state index in [9.17, 15) is 9.59 Å². The van der Waals surface area contributed by atoms with Crippen LogP contribution in [-0.2, 0) is 4.79 Å². The van der Waals surface area contributed by atoms with E-state index < -0.39 is 0 Å². The van der Waals surface area contributed by atoms with Crippen molar-refractivity contribution in [1.29, 1.82) is 0 Å². The predicted molar refractivity (Wildman–Crippen MR) is 111 cm³/mol. The minimum Gasteiger partial charge on any atom is -0.325 e. The van der Waals surface area contributed by atoms with E-state index in [0.29, 0.717) is 27.0 Å². The average Bonchev–Trinajstić information content (AvgIpc) is 2.99. The molecule has 27 heavy (non-hydrogen) atoms. The second-order valence-electron chi connectivity index (χ2n) is 6.13. The fourth-order valence-corrected chi connectivity index (χ4v) is 3.74. The Bertz CT molecular complexity index is 1030. The third-order valence-corrected chi connectivity index (χ3v) is 5.25. The maximum Gasteiger partial charge on any atom is 0.267 e. The van der Waals surface area contributed by atoms with Crippen LogP contribution in [0.4, 0.5) is 11.4 Å². The molecule has 0 bridgehead atoms. The van der Waals surface area contributed by atoms with Crippen molar-refractivity contribution in [3.05, 3.63) is 63.6 Å². The van der Waals surface area contributed by atoms with Crippen LogP contribution in [0.25, 0.3) is 10.6 Å². The summed E-state index contributed by atoms with van der Waals surface area (Å²) >= 11 is 7.35. The van der Waals surface area contributed by atoms with Crippen molar-refractivity contribution in [1.82, 2.24) is 4.98 Å². The molecule has 5 nitrogen and oxygen atoms in total. The van der Waals surface area contributed by atoms with Crippen molar-refractivity contribution < 1.29 is 9.59 Å². The number of hydrogen-bond donors (Lipinski definition) is 2. The molecule has 0 spiro atoms. The Balaban J connectivity index is 1.89. The van der Waals surface area contributed by atoms with Gasteiger partial charge >= 0.3 is 0 Å². The number of thiazole rings is 1. The molecular formula is C20H18ClN3O2S. The summed E-state index contributed by atoms with van der Waals surface area (Å²) in [5.74, 6) is -0.470. The van der Waals surface area contributed by atoms with Gasteiger partial charge in [0.25, 0.3) is 5.91 Å². The van der Waals surface area contributed by atoms with Crippen molar-refractivity contribution in [2.75, 3.05) is 10.6 Å². The number of carbonyl (C=O) groups excluding carboxylic acids is 2. The van der Waals surface area contributed by atoms with Crippen LogP contribution < -0.4 is 10.6 Å². The first-order valence-corrected chi connectivity index (χ1v) is 9.46. The summed E-state index contributed by atoms with van der Waals surface area (Å²) in [6.07, 6.45) is 0. The van der Waals surface area contributed by atoms with Crippen LogP contribution in [0.15, 0.2) is 42.5 Å². The monoisotopic (exact) mass is 399 g/mol. The van der Waals surface area contributed by atoms with E-state index in [0.717, 1.165) is 16.1 Å². The minimum atomic E-state index is -0.268. The van der Waals surface area contributed by atoms with Crippen molar-refractivity contribution in [2.45, 2.75) is 20.8 Å². The van der Waals surface area contributed by atoms with E-state index in [1.54, 1.807) is 19.1 Å². The zero-order valence-electron chi connectivity index (χ0n) is 15.1. The molecule has 2 amide bonds. The normalized spacial score (nSPS) is 10.5. The average molecular weight is 400 g/mol. The number of aromatic nitrogens is 1. The quantitative estimate of drug-likeness (QED) is 0.626. The van der Waals surface area contributed by atoms with Gasteiger partial charge in [0.1, 0.15) is 9.88 Å². The lowest BCUT2D eigenvalue weighted by atomic mass is 10.2. The van der Waals surface area contributed by atoms with Gasteiger partial charge in [-0.2, -0.15) is 0 Å². The number of carbonyl (C=O) groups is 2. The van der Waals surface area contributed by atoms with Crippen LogP contribution in [0.5, 0.6) is 0 Å².